The Kier molecular flexibility index (Phi) is 5.37. The summed E-state index contributed by atoms with van der Waals surface area (Å²) in [5.74, 6) is 0.00232. The first-order chi connectivity index (χ1) is 13.7. The highest BCUT2D eigenvalue weighted by Crippen LogP contribution is 2.31. The summed E-state index contributed by atoms with van der Waals surface area (Å²) in [7, 11) is 0. The van der Waals surface area contributed by atoms with Crippen molar-refractivity contribution in [1.82, 2.24) is 9.97 Å². The Bertz CT molecular complexity index is 975. The first-order valence-electron chi connectivity index (χ1n) is 9.81. The Morgan fingerprint density at radius 3 is 2.57 bits per heavy atom. The topological polar surface area (TPSA) is 86.9 Å². The van der Waals surface area contributed by atoms with Crippen LogP contribution in [0.5, 0.6) is 0 Å². The van der Waals surface area contributed by atoms with Gasteiger partial charge >= 0.3 is 0 Å². The van der Waals surface area contributed by atoms with Crippen LogP contribution in [0.15, 0.2) is 48.8 Å². The van der Waals surface area contributed by atoms with Crippen molar-refractivity contribution in [3.8, 4) is 0 Å². The molecule has 0 unspecified atom stereocenters. The number of nitrogens with one attached hydrogen (secondary N) is 3. The first-order valence-corrected chi connectivity index (χ1v) is 9.81. The first kappa shape index (κ1) is 18.2. The number of aromatic nitrogens is 2. The highest BCUT2D eigenvalue weighted by Gasteiger charge is 2.22. The number of aromatic amines is 1. The molecule has 2 aromatic heterocycles. The number of carbonyl (C=O) groups excluding carboxylic acids is 2. The fourth-order valence-electron chi connectivity index (χ4n) is 3.83. The number of fused-ring (bicyclic) bond motifs is 1. The highest BCUT2D eigenvalue weighted by molar-refractivity contribution is 6.09. The number of amides is 2. The molecule has 3 aromatic rings. The van der Waals surface area contributed by atoms with Crippen molar-refractivity contribution in [3.05, 3.63) is 54.4 Å². The monoisotopic (exact) mass is 376 g/mol. The molecule has 1 fully saturated rings. The molecular formula is C22H24N4O2. The van der Waals surface area contributed by atoms with Crippen molar-refractivity contribution in [2.45, 2.75) is 38.5 Å². The lowest BCUT2D eigenvalue weighted by Crippen LogP contribution is -2.24. The fourth-order valence-corrected chi connectivity index (χ4v) is 3.83. The molecule has 4 rings (SSSR count). The Labute approximate surface area is 163 Å². The summed E-state index contributed by atoms with van der Waals surface area (Å²) >= 11 is 0. The second-order valence-electron chi connectivity index (χ2n) is 7.32. The number of carbonyl (C=O) groups is 2. The van der Waals surface area contributed by atoms with Gasteiger partial charge in [-0.05, 0) is 24.5 Å². The maximum absolute atomic E-state index is 12.7. The van der Waals surface area contributed by atoms with Crippen LogP contribution < -0.4 is 10.6 Å². The van der Waals surface area contributed by atoms with E-state index in [0.717, 1.165) is 36.6 Å². The van der Waals surface area contributed by atoms with Gasteiger partial charge in [-0.15, -0.1) is 0 Å². The highest BCUT2D eigenvalue weighted by atomic mass is 16.2. The zero-order valence-electron chi connectivity index (χ0n) is 15.7. The van der Waals surface area contributed by atoms with Crippen LogP contribution in [-0.4, -0.2) is 21.8 Å². The smallest absolute Gasteiger partial charge is 0.228 e. The van der Waals surface area contributed by atoms with Gasteiger partial charge in [0.15, 0.2) is 0 Å². The van der Waals surface area contributed by atoms with E-state index in [0.29, 0.717) is 17.0 Å². The third-order valence-corrected chi connectivity index (χ3v) is 5.29. The second-order valence-corrected chi connectivity index (χ2v) is 7.32. The summed E-state index contributed by atoms with van der Waals surface area (Å²) in [5, 5.41) is 6.73. The lowest BCUT2D eigenvalue weighted by molar-refractivity contribution is -0.120. The quantitative estimate of drug-likeness (QED) is 0.622. The Morgan fingerprint density at radius 1 is 1.00 bits per heavy atom. The van der Waals surface area contributed by atoms with Crippen molar-refractivity contribution in [2.24, 2.45) is 5.92 Å². The van der Waals surface area contributed by atoms with Gasteiger partial charge in [-0.25, -0.2) is 4.98 Å². The lowest BCUT2D eigenvalue weighted by atomic mass is 9.88. The molecule has 0 atom stereocenters. The molecule has 3 N–H and O–H groups in total. The third kappa shape index (κ3) is 4.06. The van der Waals surface area contributed by atoms with Crippen LogP contribution in [-0.2, 0) is 16.0 Å². The van der Waals surface area contributed by atoms with E-state index in [-0.39, 0.29) is 24.2 Å². The van der Waals surface area contributed by atoms with Gasteiger partial charge < -0.3 is 15.6 Å². The minimum Gasteiger partial charge on any atom is -0.344 e. The van der Waals surface area contributed by atoms with Gasteiger partial charge in [0.1, 0.15) is 5.65 Å². The van der Waals surface area contributed by atoms with Gasteiger partial charge in [0, 0.05) is 18.3 Å². The molecule has 28 heavy (non-hydrogen) atoms. The molecule has 1 aliphatic carbocycles. The number of hydrogen-bond donors (Lipinski definition) is 3. The molecule has 6 heteroatoms. The van der Waals surface area contributed by atoms with E-state index < -0.39 is 0 Å². The van der Waals surface area contributed by atoms with Crippen LogP contribution in [0.2, 0.25) is 0 Å². The normalized spacial score (nSPS) is 14.7. The van der Waals surface area contributed by atoms with Crippen LogP contribution in [0.3, 0.4) is 0 Å². The van der Waals surface area contributed by atoms with Gasteiger partial charge in [0.2, 0.25) is 11.8 Å². The van der Waals surface area contributed by atoms with Crippen LogP contribution >= 0.6 is 0 Å². The van der Waals surface area contributed by atoms with Crippen LogP contribution in [0.25, 0.3) is 11.0 Å². The van der Waals surface area contributed by atoms with Gasteiger partial charge in [-0.3, -0.25) is 9.59 Å². The van der Waals surface area contributed by atoms with Crippen molar-refractivity contribution in [3.63, 3.8) is 0 Å². The second kappa shape index (κ2) is 8.25. The average molecular weight is 376 g/mol. The number of pyridine rings is 1. The number of rotatable bonds is 5. The van der Waals surface area contributed by atoms with E-state index in [1.807, 2.05) is 30.3 Å². The molecule has 6 nitrogen and oxygen atoms in total. The minimum absolute atomic E-state index is 0.0509. The van der Waals surface area contributed by atoms with Crippen LogP contribution in [0.4, 0.5) is 11.4 Å². The molecular weight excluding hydrogens is 352 g/mol. The molecule has 1 aromatic carbocycles. The molecule has 0 radical (unpaired) electrons. The summed E-state index contributed by atoms with van der Waals surface area (Å²) in [6.07, 6.45) is 8.96. The Balaban J connectivity index is 1.53. The number of H-pyrrole nitrogens is 1. The zero-order valence-corrected chi connectivity index (χ0v) is 15.7. The lowest BCUT2D eigenvalue weighted by Gasteiger charge is -2.21. The summed E-state index contributed by atoms with van der Waals surface area (Å²) in [6, 6.07) is 11.4. The molecule has 144 valence electrons. The largest absolute Gasteiger partial charge is 0.344 e. The van der Waals surface area contributed by atoms with Crippen LogP contribution in [0.1, 0.15) is 37.7 Å². The van der Waals surface area contributed by atoms with Gasteiger partial charge in [-0.2, -0.15) is 0 Å². The molecule has 1 aliphatic rings. The van der Waals surface area contributed by atoms with E-state index in [4.69, 9.17) is 0 Å². The molecule has 0 spiro atoms. The summed E-state index contributed by atoms with van der Waals surface area (Å²) in [5.41, 5.74) is 2.89. The van der Waals surface area contributed by atoms with E-state index in [2.05, 4.69) is 20.6 Å². The number of benzene rings is 1. The van der Waals surface area contributed by atoms with Crippen molar-refractivity contribution >= 4 is 34.2 Å². The molecule has 2 heterocycles. The van der Waals surface area contributed by atoms with E-state index in [9.17, 15) is 9.59 Å². The fraction of sp³-hybridized carbons (Fsp3) is 0.318. The SMILES string of the molecule is O=C(Cc1ccccc1)Nc1c[nH]c2nccc(NC(=O)C3CCCCC3)c12. The van der Waals surface area contributed by atoms with Gasteiger partial charge in [-0.1, -0.05) is 49.6 Å². The summed E-state index contributed by atoms with van der Waals surface area (Å²) < 4.78 is 0. The van der Waals surface area contributed by atoms with Crippen molar-refractivity contribution < 1.29 is 9.59 Å². The van der Waals surface area contributed by atoms with E-state index >= 15 is 0 Å². The third-order valence-electron chi connectivity index (χ3n) is 5.29. The number of nitrogens with zero attached hydrogens (tertiary/aromatic N) is 1. The predicted molar refractivity (Wildman–Crippen MR) is 110 cm³/mol. The van der Waals surface area contributed by atoms with E-state index in [1.54, 1.807) is 18.5 Å². The maximum Gasteiger partial charge on any atom is 0.228 e. The predicted octanol–water partition coefficient (Wildman–Crippen LogP) is 4.26. The molecule has 0 aliphatic heterocycles. The number of anilines is 2. The summed E-state index contributed by atoms with van der Waals surface area (Å²) in [4.78, 5) is 32.5. The molecule has 1 saturated carbocycles. The van der Waals surface area contributed by atoms with Crippen molar-refractivity contribution in [2.75, 3.05) is 10.6 Å². The Hall–Kier alpha value is -3.15. The maximum atomic E-state index is 12.7. The summed E-state index contributed by atoms with van der Waals surface area (Å²) in [6.45, 7) is 0. The molecule has 0 saturated heterocycles. The van der Waals surface area contributed by atoms with Gasteiger partial charge in [0.05, 0.1) is 23.2 Å². The number of hydrogen-bond acceptors (Lipinski definition) is 3. The van der Waals surface area contributed by atoms with E-state index in [1.165, 1.54) is 6.42 Å². The average Bonchev–Trinajstić information content (AvgIpc) is 3.13. The minimum atomic E-state index is -0.111. The molecule has 0 bridgehead atoms. The van der Waals surface area contributed by atoms with Gasteiger partial charge in [0.25, 0.3) is 0 Å². The zero-order chi connectivity index (χ0) is 19.3. The van der Waals surface area contributed by atoms with Crippen molar-refractivity contribution in [1.29, 1.82) is 0 Å². The van der Waals surface area contributed by atoms with Crippen LogP contribution in [0, 0.1) is 5.92 Å². The standard InChI is InChI=1S/C22H24N4O2/c27-19(13-15-7-3-1-4-8-15)25-18-14-24-21-20(18)17(11-12-23-21)26-22(28)16-9-5-2-6-10-16/h1,3-4,7-8,11-12,14,16H,2,5-6,9-10,13H2,(H,25,27)(H2,23,24,26,28). The molecule has 2 amide bonds. The Morgan fingerprint density at radius 2 is 1.79 bits per heavy atom.